The van der Waals surface area contributed by atoms with Gasteiger partial charge in [-0.2, -0.15) is 0 Å². The second kappa shape index (κ2) is 8.46. The molecule has 0 radical (unpaired) electrons. The van der Waals surface area contributed by atoms with Gasteiger partial charge in [-0.05, 0) is 37.1 Å². The van der Waals surface area contributed by atoms with Gasteiger partial charge in [0.15, 0.2) is 5.78 Å². The van der Waals surface area contributed by atoms with E-state index < -0.39 is 11.8 Å². The Balaban J connectivity index is 1.86. The largest absolute Gasteiger partial charge is 0.486 e. The maximum absolute atomic E-state index is 12.2. The summed E-state index contributed by atoms with van der Waals surface area (Å²) in [5, 5.41) is 8.64. The number of ether oxygens (including phenoxy) is 1. The summed E-state index contributed by atoms with van der Waals surface area (Å²) in [4.78, 5) is 34.1. The molecule has 1 aliphatic rings. The van der Waals surface area contributed by atoms with Crippen LogP contribution >= 0.6 is 0 Å². The van der Waals surface area contributed by atoms with E-state index in [9.17, 15) is 14.4 Å². The molecule has 0 atom stereocenters. The quantitative estimate of drug-likeness (QED) is 0.643. The molecule has 0 saturated heterocycles. The minimum atomic E-state index is -1.49. The van der Waals surface area contributed by atoms with Gasteiger partial charge in [0.2, 0.25) is 0 Å². The number of ketones is 2. The minimum absolute atomic E-state index is 0.0247. The summed E-state index contributed by atoms with van der Waals surface area (Å²) in [6.45, 7) is 0.0247. The highest BCUT2D eigenvalue weighted by molar-refractivity contribution is 6.39. The summed E-state index contributed by atoms with van der Waals surface area (Å²) in [7, 11) is 0. The van der Waals surface area contributed by atoms with Gasteiger partial charge < -0.3 is 9.84 Å². The van der Waals surface area contributed by atoms with Gasteiger partial charge >= 0.3 is 5.97 Å². The highest BCUT2D eigenvalue weighted by Crippen LogP contribution is 2.23. The molecule has 0 aliphatic heterocycles. The molecule has 23 heavy (non-hydrogen) atoms. The fourth-order valence-electron chi connectivity index (χ4n) is 2.88. The Morgan fingerprint density at radius 2 is 1.52 bits per heavy atom. The molecule has 5 heteroatoms. The zero-order valence-corrected chi connectivity index (χ0v) is 13.1. The second-order valence-electron chi connectivity index (χ2n) is 5.96. The Morgan fingerprint density at radius 3 is 2.09 bits per heavy atom. The predicted octanol–water partition coefficient (Wildman–Crippen LogP) is 3.26. The van der Waals surface area contributed by atoms with Crippen LogP contribution in [-0.2, 0) is 9.59 Å². The van der Waals surface area contributed by atoms with Crippen LogP contribution < -0.4 is 4.74 Å². The topological polar surface area (TPSA) is 80.7 Å². The third-order valence-electron chi connectivity index (χ3n) is 4.25. The molecule has 0 aromatic heterocycles. The van der Waals surface area contributed by atoms with Crippen LogP contribution in [0, 0.1) is 5.92 Å². The van der Waals surface area contributed by atoms with Crippen LogP contribution in [0.1, 0.15) is 55.3 Å². The first-order valence-electron chi connectivity index (χ1n) is 8.11. The van der Waals surface area contributed by atoms with Crippen LogP contribution in [0.3, 0.4) is 0 Å². The molecule has 1 aromatic carbocycles. The lowest BCUT2D eigenvalue weighted by Crippen LogP contribution is -2.22. The molecule has 0 unspecified atom stereocenters. The molecule has 0 bridgehead atoms. The smallest absolute Gasteiger partial charge is 0.377 e. The van der Waals surface area contributed by atoms with E-state index in [-0.39, 0.29) is 23.9 Å². The van der Waals surface area contributed by atoms with Crippen molar-refractivity contribution in [1.82, 2.24) is 0 Å². The Labute approximate surface area is 135 Å². The van der Waals surface area contributed by atoms with Crippen molar-refractivity contribution >= 4 is 17.5 Å². The van der Waals surface area contributed by atoms with Crippen molar-refractivity contribution in [2.24, 2.45) is 5.92 Å². The fourth-order valence-corrected chi connectivity index (χ4v) is 2.88. The SMILES string of the molecule is O=C(O)C(=O)c1ccc(OCC(=O)C2CCCCCCC2)cc1. The molecule has 1 fully saturated rings. The zero-order valence-electron chi connectivity index (χ0n) is 13.1. The summed E-state index contributed by atoms with van der Waals surface area (Å²) in [5.41, 5.74) is 0.0937. The van der Waals surface area contributed by atoms with Crippen molar-refractivity contribution in [2.45, 2.75) is 44.9 Å². The van der Waals surface area contributed by atoms with Crippen LogP contribution in [-0.4, -0.2) is 29.2 Å². The lowest BCUT2D eigenvalue weighted by atomic mass is 9.88. The van der Waals surface area contributed by atoms with E-state index in [0.717, 1.165) is 25.7 Å². The van der Waals surface area contributed by atoms with E-state index in [2.05, 4.69) is 0 Å². The average Bonchev–Trinajstić information content (AvgIpc) is 2.52. The predicted molar refractivity (Wildman–Crippen MR) is 84.7 cm³/mol. The van der Waals surface area contributed by atoms with Crippen molar-refractivity contribution in [3.63, 3.8) is 0 Å². The lowest BCUT2D eigenvalue weighted by Gasteiger charge is -2.18. The molecule has 124 valence electrons. The van der Waals surface area contributed by atoms with Crippen molar-refractivity contribution in [3.05, 3.63) is 29.8 Å². The number of carboxylic acids is 1. The van der Waals surface area contributed by atoms with Crippen molar-refractivity contribution in [1.29, 1.82) is 0 Å². The number of carboxylic acid groups (broad SMARTS) is 1. The van der Waals surface area contributed by atoms with Gasteiger partial charge in [-0.25, -0.2) is 4.79 Å². The first-order valence-corrected chi connectivity index (χ1v) is 8.11. The molecular formula is C18H22O5. The van der Waals surface area contributed by atoms with E-state index in [1.807, 2.05) is 0 Å². The van der Waals surface area contributed by atoms with Gasteiger partial charge in [0.05, 0.1) is 0 Å². The molecular weight excluding hydrogens is 296 g/mol. The van der Waals surface area contributed by atoms with Gasteiger partial charge in [-0.15, -0.1) is 0 Å². The third-order valence-corrected chi connectivity index (χ3v) is 4.25. The Kier molecular flexibility index (Phi) is 6.32. The number of carbonyl (C=O) groups is 3. The van der Waals surface area contributed by atoms with Crippen LogP contribution in [0.15, 0.2) is 24.3 Å². The van der Waals surface area contributed by atoms with Gasteiger partial charge in [0.1, 0.15) is 12.4 Å². The molecule has 1 saturated carbocycles. The number of rotatable bonds is 6. The Hall–Kier alpha value is -2.17. The minimum Gasteiger partial charge on any atom is -0.486 e. The standard InChI is InChI=1S/C18H22O5/c19-16(13-6-4-2-1-3-5-7-13)12-23-15-10-8-14(9-11-15)17(20)18(21)22/h8-11,13H,1-7,12H2,(H,21,22). The monoisotopic (exact) mass is 318 g/mol. The van der Waals surface area contributed by atoms with Gasteiger partial charge in [-0.3, -0.25) is 9.59 Å². The van der Waals surface area contributed by atoms with Crippen molar-refractivity contribution < 1.29 is 24.2 Å². The van der Waals surface area contributed by atoms with Gasteiger partial charge in [-0.1, -0.05) is 32.1 Å². The zero-order chi connectivity index (χ0) is 16.7. The normalized spacial score (nSPS) is 16.2. The first-order chi connectivity index (χ1) is 11.1. The second-order valence-corrected chi connectivity index (χ2v) is 5.96. The van der Waals surface area contributed by atoms with Crippen molar-refractivity contribution in [3.8, 4) is 5.75 Å². The highest BCUT2D eigenvalue weighted by atomic mass is 16.5. The molecule has 1 aromatic rings. The maximum Gasteiger partial charge on any atom is 0.377 e. The molecule has 5 nitrogen and oxygen atoms in total. The van der Waals surface area contributed by atoms with E-state index in [4.69, 9.17) is 9.84 Å². The summed E-state index contributed by atoms with van der Waals surface area (Å²) >= 11 is 0. The number of aliphatic carboxylic acids is 1. The molecule has 1 aliphatic carbocycles. The van der Waals surface area contributed by atoms with Crippen LogP contribution in [0.25, 0.3) is 0 Å². The maximum atomic E-state index is 12.2. The van der Waals surface area contributed by atoms with Crippen LogP contribution in [0.2, 0.25) is 0 Å². The molecule has 0 heterocycles. The average molecular weight is 318 g/mol. The molecule has 2 rings (SSSR count). The van der Waals surface area contributed by atoms with E-state index >= 15 is 0 Å². The molecule has 0 spiro atoms. The molecule has 0 amide bonds. The summed E-state index contributed by atoms with van der Waals surface area (Å²) in [5.74, 6) is -1.77. The van der Waals surface area contributed by atoms with E-state index in [1.165, 1.54) is 43.5 Å². The lowest BCUT2D eigenvalue weighted by molar-refractivity contribution is -0.131. The van der Waals surface area contributed by atoms with Crippen LogP contribution in [0.5, 0.6) is 5.75 Å². The number of Topliss-reactive ketones (excluding diaryl/α,β-unsaturated/α-hetero) is 2. The Bertz CT molecular complexity index is 553. The van der Waals surface area contributed by atoms with Gasteiger partial charge in [0, 0.05) is 11.5 Å². The van der Waals surface area contributed by atoms with Crippen molar-refractivity contribution in [2.75, 3.05) is 6.61 Å². The third kappa shape index (κ3) is 5.20. The summed E-state index contributed by atoms with van der Waals surface area (Å²) in [6.07, 6.45) is 7.74. The number of hydrogen-bond acceptors (Lipinski definition) is 4. The number of benzene rings is 1. The van der Waals surface area contributed by atoms with E-state index in [1.54, 1.807) is 0 Å². The summed E-state index contributed by atoms with van der Waals surface area (Å²) < 4.78 is 5.48. The van der Waals surface area contributed by atoms with Crippen LogP contribution in [0.4, 0.5) is 0 Å². The number of hydrogen-bond donors (Lipinski definition) is 1. The molecule has 1 N–H and O–H groups in total. The summed E-state index contributed by atoms with van der Waals surface area (Å²) in [6, 6.07) is 5.82. The number of carbonyl (C=O) groups excluding carboxylic acids is 2. The fraction of sp³-hybridized carbons (Fsp3) is 0.500. The Morgan fingerprint density at radius 1 is 0.957 bits per heavy atom. The van der Waals surface area contributed by atoms with Gasteiger partial charge in [0.25, 0.3) is 5.78 Å². The first kappa shape index (κ1) is 17.2. The highest BCUT2D eigenvalue weighted by Gasteiger charge is 2.20. The van der Waals surface area contributed by atoms with E-state index in [0.29, 0.717) is 5.75 Å².